The van der Waals surface area contributed by atoms with Crippen molar-refractivity contribution in [3.05, 3.63) is 46.8 Å². The van der Waals surface area contributed by atoms with Crippen molar-refractivity contribution >= 4 is 5.78 Å². The Morgan fingerprint density at radius 1 is 1.33 bits per heavy atom. The second-order valence-corrected chi connectivity index (χ2v) is 4.52. The molecule has 0 aliphatic heterocycles. The standard InChI is InChI=1S/C15H18N2O/c1-5-15-10(2)16-17(11(15)3)14-8-6-7-13(9-14)12(4)18/h6-9H,5H2,1-4H3. The molecule has 0 bridgehead atoms. The summed E-state index contributed by atoms with van der Waals surface area (Å²) in [6.07, 6.45) is 0.976. The molecule has 0 spiro atoms. The van der Waals surface area contributed by atoms with Gasteiger partial charge in [0.25, 0.3) is 0 Å². The molecule has 0 radical (unpaired) electrons. The second-order valence-electron chi connectivity index (χ2n) is 4.52. The van der Waals surface area contributed by atoms with Crippen molar-refractivity contribution < 1.29 is 4.79 Å². The zero-order valence-electron chi connectivity index (χ0n) is 11.3. The van der Waals surface area contributed by atoms with Gasteiger partial charge in [0.1, 0.15) is 0 Å². The number of aromatic nitrogens is 2. The van der Waals surface area contributed by atoms with Crippen LogP contribution in [0.3, 0.4) is 0 Å². The summed E-state index contributed by atoms with van der Waals surface area (Å²) < 4.78 is 1.92. The molecule has 94 valence electrons. The maximum absolute atomic E-state index is 11.4. The molecular formula is C15H18N2O. The van der Waals surface area contributed by atoms with Gasteiger partial charge in [0.05, 0.1) is 11.4 Å². The van der Waals surface area contributed by atoms with E-state index in [4.69, 9.17) is 0 Å². The number of carbonyl (C=O) groups excluding carboxylic acids is 1. The number of hydrogen-bond donors (Lipinski definition) is 0. The first-order valence-electron chi connectivity index (χ1n) is 6.21. The van der Waals surface area contributed by atoms with Crippen molar-refractivity contribution in [1.29, 1.82) is 0 Å². The van der Waals surface area contributed by atoms with E-state index < -0.39 is 0 Å². The summed E-state index contributed by atoms with van der Waals surface area (Å²) in [7, 11) is 0. The van der Waals surface area contributed by atoms with Crippen LogP contribution in [0.4, 0.5) is 0 Å². The minimum absolute atomic E-state index is 0.0779. The Hall–Kier alpha value is -1.90. The van der Waals surface area contributed by atoms with Crippen molar-refractivity contribution in [3.8, 4) is 5.69 Å². The monoisotopic (exact) mass is 242 g/mol. The van der Waals surface area contributed by atoms with Crippen LogP contribution in [-0.2, 0) is 6.42 Å². The van der Waals surface area contributed by atoms with Gasteiger partial charge in [-0.1, -0.05) is 19.1 Å². The van der Waals surface area contributed by atoms with Gasteiger partial charge >= 0.3 is 0 Å². The minimum atomic E-state index is 0.0779. The molecule has 0 atom stereocenters. The topological polar surface area (TPSA) is 34.9 Å². The van der Waals surface area contributed by atoms with E-state index in [1.54, 1.807) is 6.92 Å². The van der Waals surface area contributed by atoms with E-state index in [9.17, 15) is 4.79 Å². The first kappa shape index (κ1) is 12.6. The van der Waals surface area contributed by atoms with Crippen molar-refractivity contribution in [3.63, 3.8) is 0 Å². The molecule has 0 saturated carbocycles. The molecule has 0 aliphatic rings. The van der Waals surface area contributed by atoms with Crippen molar-refractivity contribution in [2.45, 2.75) is 34.1 Å². The molecule has 3 heteroatoms. The third-order valence-corrected chi connectivity index (χ3v) is 3.29. The van der Waals surface area contributed by atoms with E-state index >= 15 is 0 Å². The van der Waals surface area contributed by atoms with Crippen LogP contribution in [0.15, 0.2) is 24.3 Å². The van der Waals surface area contributed by atoms with Crippen LogP contribution in [0, 0.1) is 13.8 Å². The number of rotatable bonds is 3. The summed E-state index contributed by atoms with van der Waals surface area (Å²) in [5, 5.41) is 4.56. The third-order valence-electron chi connectivity index (χ3n) is 3.29. The number of aryl methyl sites for hydroxylation is 1. The SMILES string of the molecule is CCc1c(C)nn(-c2cccc(C(C)=O)c2)c1C. The quantitative estimate of drug-likeness (QED) is 0.774. The number of Topliss-reactive ketones (excluding diaryl/α,β-unsaturated/α-hetero) is 1. The average Bonchev–Trinajstić information content (AvgIpc) is 2.64. The number of carbonyl (C=O) groups is 1. The molecule has 1 aromatic carbocycles. The summed E-state index contributed by atoms with van der Waals surface area (Å²) in [6.45, 7) is 7.81. The van der Waals surface area contributed by atoms with E-state index in [2.05, 4.69) is 18.9 Å². The van der Waals surface area contributed by atoms with Gasteiger partial charge in [-0.2, -0.15) is 5.10 Å². The first-order chi connectivity index (χ1) is 8.54. The van der Waals surface area contributed by atoms with E-state index in [0.29, 0.717) is 0 Å². The molecule has 2 aromatic rings. The summed E-state index contributed by atoms with van der Waals surface area (Å²) in [5.74, 6) is 0.0779. The molecule has 0 amide bonds. The maximum atomic E-state index is 11.4. The van der Waals surface area contributed by atoms with Gasteiger partial charge in [-0.25, -0.2) is 4.68 Å². The van der Waals surface area contributed by atoms with Crippen LogP contribution in [0.1, 0.15) is 41.2 Å². The zero-order chi connectivity index (χ0) is 13.3. The number of ketones is 1. The Morgan fingerprint density at radius 2 is 2.06 bits per heavy atom. The van der Waals surface area contributed by atoms with Gasteiger partial charge in [0.15, 0.2) is 5.78 Å². The van der Waals surface area contributed by atoms with Crippen LogP contribution in [0.5, 0.6) is 0 Å². The lowest BCUT2D eigenvalue weighted by atomic mass is 10.1. The van der Waals surface area contributed by atoms with Crippen molar-refractivity contribution in [2.24, 2.45) is 0 Å². The van der Waals surface area contributed by atoms with Crippen LogP contribution in [0.25, 0.3) is 5.69 Å². The molecule has 0 N–H and O–H groups in total. The summed E-state index contributed by atoms with van der Waals surface area (Å²) in [6, 6.07) is 7.60. The van der Waals surface area contributed by atoms with E-state index in [0.717, 1.165) is 29.1 Å². The number of hydrogen-bond acceptors (Lipinski definition) is 2. The first-order valence-corrected chi connectivity index (χ1v) is 6.21. The molecule has 1 aromatic heterocycles. The molecule has 0 unspecified atom stereocenters. The van der Waals surface area contributed by atoms with Crippen molar-refractivity contribution in [2.75, 3.05) is 0 Å². The normalized spacial score (nSPS) is 10.7. The Bertz CT molecular complexity index is 597. The summed E-state index contributed by atoms with van der Waals surface area (Å²) >= 11 is 0. The van der Waals surface area contributed by atoms with Gasteiger partial charge in [0.2, 0.25) is 0 Å². The lowest BCUT2D eigenvalue weighted by Crippen LogP contribution is -2.01. The Balaban J connectivity index is 2.55. The van der Waals surface area contributed by atoms with Gasteiger partial charge in [0, 0.05) is 11.3 Å². The number of benzene rings is 1. The van der Waals surface area contributed by atoms with Crippen LogP contribution < -0.4 is 0 Å². The fourth-order valence-electron chi connectivity index (χ4n) is 2.29. The highest BCUT2D eigenvalue weighted by Gasteiger charge is 2.11. The predicted octanol–water partition coefficient (Wildman–Crippen LogP) is 3.25. The van der Waals surface area contributed by atoms with Crippen LogP contribution in [0.2, 0.25) is 0 Å². The predicted molar refractivity (Wildman–Crippen MR) is 72.4 cm³/mol. The van der Waals surface area contributed by atoms with Gasteiger partial charge in [-0.15, -0.1) is 0 Å². The second kappa shape index (κ2) is 4.77. The fourth-order valence-corrected chi connectivity index (χ4v) is 2.29. The van der Waals surface area contributed by atoms with Gasteiger partial charge in [-0.05, 0) is 44.9 Å². The maximum Gasteiger partial charge on any atom is 0.159 e. The summed E-state index contributed by atoms with van der Waals surface area (Å²) in [4.78, 5) is 11.4. The highest BCUT2D eigenvalue weighted by Crippen LogP contribution is 2.19. The lowest BCUT2D eigenvalue weighted by molar-refractivity contribution is 0.101. The molecule has 1 heterocycles. The largest absolute Gasteiger partial charge is 0.295 e. The molecule has 3 nitrogen and oxygen atoms in total. The van der Waals surface area contributed by atoms with E-state index in [1.165, 1.54) is 5.56 Å². The number of nitrogens with zero attached hydrogens (tertiary/aromatic N) is 2. The van der Waals surface area contributed by atoms with E-state index in [-0.39, 0.29) is 5.78 Å². The van der Waals surface area contributed by atoms with Crippen LogP contribution in [-0.4, -0.2) is 15.6 Å². The lowest BCUT2D eigenvalue weighted by Gasteiger charge is -2.06. The average molecular weight is 242 g/mol. The smallest absolute Gasteiger partial charge is 0.159 e. The molecule has 0 aliphatic carbocycles. The van der Waals surface area contributed by atoms with Gasteiger partial charge in [-0.3, -0.25) is 4.79 Å². The Morgan fingerprint density at radius 3 is 2.61 bits per heavy atom. The molecule has 2 rings (SSSR count). The fraction of sp³-hybridized carbons (Fsp3) is 0.333. The molecule has 0 fully saturated rings. The van der Waals surface area contributed by atoms with Crippen molar-refractivity contribution in [1.82, 2.24) is 9.78 Å². The summed E-state index contributed by atoms with van der Waals surface area (Å²) in [5.41, 5.74) is 5.16. The van der Waals surface area contributed by atoms with E-state index in [1.807, 2.05) is 35.9 Å². The third kappa shape index (κ3) is 2.08. The highest BCUT2D eigenvalue weighted by molar-refractivity contribution is 5.94. The van der Waals surface area contributed by atoms with Crippen LogP contribution >= 0.6 is 0 Å². The highest BCUT2D eigenvalue weighted by atomic mass is 16.1. The molecule has 18 heavy (non-hydrogen) atoms. The Kier molecular flexibility index (Phi) is 3.32. The van der Waals surface area contributed by atoms with Gasteiger partial charge < -0.3 is 0 Å². The zero-order valence-corrected chi connectivity index (χ0v) is 11.3. The minimum Gasteiger partial charge on any atom is -0.295 e. The molecular weight excluding hydrogens is 224 g/mol. The Labute approximate surface area is 107 Å². The molecule has 0 saturated heterocycles.